The quantitative estimate of drug-likeness (QED) is 0.874. The van der Waals surface area contributed by atoms with Crippen LogP contribution in [0.4, 0.5) is 11.6 Å². The molecule has 0 amide bonds. The summed E-state index contributed by atoms with van der Waals surface area (Å²) >= 11 is 0. The molecule has 0 atom stereocenters. The van der Waals surface area contributed by atoms with Gasteiger partial charge < -0.3 is 10.6 Å². The zero-order chi connectivity index (χ0) is 13.9. The first kappa shape index (κ1) is 12.8. The van der Waals surface area contributed by atoms with Crippen LogP contribution in [0.5, 0.6) is 0 Å². The number of pyridine rings is 1. The number of nitrogens with zero attached hydrogens (tertiary/aromatic N) is 3. The summed E-state index contributed by atoms with van der Waals surface area (Å²) in [7, 11) is 1.88. The van der Waals surface area contributed by atoms with Crippen LogP contribution in [0.1, 0.15) is 36.0 Å². The van der Waals surface area contributed by atoms with Gasteiger partial charge in [-0.2, -0.15) is 0 Å². The van der Waals surface area contributed by atoms with E-state index in [0.29, 0.717) is 12.5 Å². The van der Waals surface area contributed by atoms with Gasteiger partial charge in [0, 0.05) is 24.7 Å². The Morgan fingerprint density at radius 2 is 1.95 bits per heavy atom. The number of aryl methyl sites for hydroxylation is 1. The molecule has 0 radical (unpaired) electrons. The van der Waals surface area contributed by atoms with E-state index in [4.69, 9.17) is 0 Å². The van der Waals surface area contributed by atoms with Crippen LogP contribution in [0, 0.1) is 6.92 Å². The van der Waals surface area contributed by atoms with E-state index < -0.39 is 0 Å². The second-order valence-corrected chi connectivity index (χ2v) is 5.14. The molecule has 3 rings (SSSR count). The van der Waals surface area contributed by atoms with Crippen LogP contribution in [0.15, 0.2) is 24.3 Å². The lowest BCUT2D eigenvalue weighted by atomic mass is 10.3. The van der Waals surface area contributed by atoms with Crippen molar-refractivity contribution in [3.05, 3.63) is 41.5 Å². The van der Waals surface area contributed by atoms with Crippen molar-refractivity contribution in [2.75, 3.05) is 17.7 Å². The molecule has 1 saturated carbocycles. The highest BCUT2D eigenvalue weighted by molar-refractivity contribution is 5.48. The number of anilines is 2. The molecule has 0 spiro atoms. The van der Waals surface area contributed by atoms with Crippen LogP contribution >= 0.6 is 0 Å². The van der Waals surface area contributed by atoms with Crippen molar-refractivity contribution in [2.24, 2.45) is 0 Å². The Bertz CT molecular complexity index is 607. The lowest BCUT2D eigenvalue weighted by Gasteiger charge is -2.09. The van der Waals surface area contributed by atoms with Crippen molar-refractivity contribution in [2.45, 2.75) is 32.2 Å². The summed E-state index contributed by atoms with van der Waals surface area (Å²) < 4.78 is 0. The third-order valence-corrected chi connectivity index (χ3v) is 3.34. The van der Waals surface area contributed by atoms with E-state index >= 15 is 0 Å². The zero-order valence-electron chi connectivity index (χ0n) is 11.8. The fourth-order valence-electron chi connectivity index (χ4n) is 2.09. The number of nitrogens with one attached hydrogen (secondary N) is 2. The summed E-state index contributed by atoms with van der Waals surface area (Å²) in [5.41, 5.74) is 2.05. The predicted octanol–water partition coefficient (Wildman–Crippen LogP) is 2.71. The Kier molecular flexibility index (Phi) is 3.50. The van der Waals surface area contributed by atoms with Gasteiger partial charge in [0.05, 0.1) is 12.2 Å². The first-order valence-electron chi connectivity index (χ1n) is 6.98. The Balaban J connectivity index is 1.74. The topological polar surface area (TPSA) is 62.7 Å². The van der Waals surface area contributed by atoms with Crippen molar-refractivity contribution in [1.29, 1.82) is 0 Å². The fourth-order valence-corrected chi connectivity index (χ4v) is 2.09. The van der Waals surface area contributed by atoms with E-state index in [1.54, 1.807) is 0 Å². The van der Waals surface area contributed by atoms with Crippen LogP contribution in [-0.2, 0) is 6.54 Å². The average molecular weight is 269 g/mol. The first-order valence-corrected chi connectivity index (χ1v) is 6.98. The van der Waals surface area contributed by atoms with Crippen molar-refractivity contribution >= 4 is 11.6 Å². The number of hydrogen-bond acceptors (Lipinski definition) is 5. The summed E-state index contributed by atoms with van der Waals surface area (Å²) in [6.45, 7) is 2.67. The molecule has 5 heteroatoms. The highest BCUT2D eigenvalue weighted by atomic mass is 15.1. The minimum atomic E-state index is 0.543. The van der Waals surface area contributed by atoms with E-state index in [1.165, 1.54) is 12.8 Å². The van der Waals surface area contributed by atoms with Crippen LogP contribution in [0.2, 0.25) is 0 Å². The van der Waals surface area contributed by atoms with Gasteiger partial charge >= 0.3 is 0 Å². The molecule has 1 aliphatic carbocycles. The average Bonchev–Trinajstić information content (AvgIpc) is 3.29. The Morgan fingerprint density at radius 3 is 2.65 bits per heavy atom. The van der Waals surface area contributed by atoms with Gasteiger partial charge in [-0.15, -0.1) is 0 Å². The molecule has 2 aromatic heterocycles. The summed E-state index contributed by atoms with van der Waals surface area (Å²) in [6.07, 6.45) is 2.40. The maximum absolute atomic E-state index is 4.59. The largest absolute Gasteiger partial charge is 0.373 e. The van der Waals surface area contributed by atoms with Crippen LogP contribution in [0.3, 0.4) is 0 Å². The lowest BCUT2D eigenvalue weighted by Crippen LogP contribution is -2.07. The maximum atomic E-state index is 4.59. The molecular weight excluding hydrogens is 250 g/mol. The van der Waals surface area contributed by atoms with Crippen LogP contribution in [-0.4, -0.2) is 22.0 Å². The molecule has 20 heavy (non-hydrogen) atoms. The molecule has 1 fully saturated rings. The lowest BCUT2D eigenvalue weighted by molar-refractivity contribution is 0.917. The van der Waals surface area contributed by atoms with Gasteiger partial charge in [-0.05, 0) is 31.9 Å². The smallest absolute Gasteiger partial charge is 0.136 e. The van der Waals surface area contributed by atoms with Crippen molar-refractivity contribution in [1.82, 2.24) is 15.0 Å². The minimum absolute atomic E-state index is 0.543. The summed E-state index contributed by atoms with van der Waals surface area (Å²) in [5, 5.41) is 6.42. The molecule has 0 unspecified atom stereocenters. The Labute approximate surface area is 118 Å². The van der Waals surface area contributed by atoms with Gasteiger partial charge in [0.2, 0.25) is 0 Å². The standard InChI is InChI=1S/C15H19N5/c1-10-4-3-5-12(18-10)9-17-14-8-13(16-2)19-15(20-14)11-6-7-11/h3-5,8,11H,6-7,9H2,1-2H3,(H2,16,17,19,20). The van der Waals surface area contributed by atoms with Gasteiger partial charge in [0.25, 0.3) is 0 Å². The summed E-state index contributed by atoms with van der Waals surface area (Å²) in [5.74, 6) is 3.20. The SMILES string of the molecule is CNc1cc(NCc2cccc(C)n2)nc(C2CC2)n1. The molecule has 0 aromatic carbocycles. The third kappa shape index (κ3) is 3.04. The highest BCUT2D eigenvalue weighted by Gasteiger charge is 2.27. The monoisotopic (exact) mass is 269 g/mol. The van der Waals surface area contributed by atoms with E-state index in [1.807, 2.05) is 38.2 Å². The summed E-state index contributed by atoms with van der Waals surface area (Å²) in [4.78, 5) is 13.6. The maximum Gasteiger partial charge on any atom is 0.136 e. The molecular formula is C15H19N5. The van der Waals surface area contributed by atoms with Gasteiger partial charge in [0.15, 0.2) is 0 Å². The third-order valence-electron chi connectivity index (χ3n) is 3.34. The van der Waals surface area contributed by atoms with Gasteiger partial charge in [-0.25, -0.2) is 9.97 Å². The first-order chi connectivity index (χ1) is 9.74. The van der Waals surface area contributed by atoms with E-state index in [0.717, 1.165) is 28.8 Å². The molecule has 0 aliphatic heterocycles. The van der Waals surface area contributed by atoms with E-state index in [-0.39, 0.29) is 0 Å². The van der Waals surface area contributed by atoms with Crippen molar-refractivity contribution in [3.8, 4) is 0 Å². The molecule has 2 N–H and O–H groups in total. The number of aromatic nitrogens is 3. The van der Waals surface area contributed by atoms with Crippen molar-refractivity contribution < 1.29 is 0 Å². The minimum Gasteiger partial charge on any atom is -0.373 e. The summed E-state index contributed by atoms with van der Waals surface area (Å²) in [6, 6.07) is 7.97. The molecule has 0 bridgehead atoms. The molecule has 2 heterocycles. The number of hydrogen-bond donors (Lipinski definition) is 2. The van der Waals surface area contributed by atoms with Gasteiger partial charge in [-0.3, -0.25) is 4.98 Å². The predicted molar refractivity (Wildman–Crippen MR) is 79.9 cm³/mol. The second kappa shape index (κ2) is 5.45. The van der Waals surface area contributed by atoms with E-state index in [2.05, 4.69) is 25.6 Å². The van der Waals surface area contributed by atoms with Gasteiger partial charge in [-0.1, -0.05) is 6.07 Å². The Morgan fingerprint density at radius 1 is 1.15 bits per heavy atom. The highest BCUT2D eigenvalue weighted by Crippen LogP contribution is 2.38. The molecule has 2 aromatic rings. The second-order valence-electron chi connectivity index (χ2n) is 5.14. The zero-order valence-corrected chi connectivity index (χ0v) is 11.8. The van der Waals surface area contributed by atoms with Crippen LogP contribution in [0.25, 0.3) is 0 Å². The normalized spacial score (nSPS) is 14.1. The van der Waals surface area contributed by atoms with E-state index in [9.17, 15) is 0 Å². The molecule has 0 saturated heterocycles. The van der Waals surface area contributed by atoms with Gasteiger partial charge in [0.1, 0.15) is 17.5 Å². The van der Waals surface area contributed by atoms with Crippen LogP contribution < -0.4 is 10.6 Å². The Hall–Kier alpha value is -2.17. The number of rotatable bonds is 5. The van der Waals surface area contributed by atoms with Crippen molar-refractivity contribution in [3.63, 3.8) is 0 Å². The molecule has 104 valence electrons. The fraction of sp³-hybridized carbons (Fsp3) is 0.400. The molecule has 1 aliphatic rings. The molecule has 5 nitrogen and oxygen atoms in total.